The van der Waals surface area contributed by atoms with Crippen molar-refractivity contribution >= 4 is 23.0 Å². The molecule has 0 aliphatic rings. The van der Waals surface area contributed by atoms with Crippen LogP contribution in [0.4, 0.5) is 27.6 Å². The Labute approximate surface area is 192 Å². The van der Waals surface area contributed by atoms with Crippen LogP contribution in [0.1, 0.15) is 16.2 Å². The Balaban J connectivity index is 2.01. The molecule has 0 radical (unpaired) electrons. The van der Waals surface area contributed by atoms with Gasteiger partial charge in [-0.1, -0.05) is 6.07 Å². The number of methoxy groups -OCH3 is 1. The Hall–Kier alpha value is -3.49. The van der Waals surface area contributed by atoms with E-state index in [0.717, 1.165) is 13.2 Å². The molecule has 1 unspecified atom stereocenters. The molecule has 1 heterocycles. The van der Waals surface area contributed by atoms with E-state index in [9.17, 15) is 31.3 Å². The zero-order valence-corrected chi connectivity index (χ0v) is 18.2. The normalized spacial score (nSPS) is 12.2. The molecule has 14 heteroatoms. The highest BCUT2D eigenvalue weighted by Gasteiger charge is 2.35. The monoisotopic (exact) mass is 502 g/mol. The smallest absolute Gasteiger partial charge is 0.435 e. The topological polar surface area (TPSA) is 108 Å². The number of rotatable bonds is 7. The van der Waals surface area contributed by atoms with Gasteiger partial charge in [0.15, 0.2) is 33.6 Å². The van der Waals surface area contributed by atoms with E-state index in [1.807, 2.05) is 0 Å². The van der Waals surface area contributed by atoms with Gasteiger partial charge in [0.1, 0.15) is 0 Å². The number of halogens is 5. The van der Waals surface area contributed by atoms with Crippen molar-refractivity contribution in [2.45, 2.75) is 11.1 Å². The maximum Gasteiger partial charge on any atom is 0.435 e. The number of hydrogen-bond acceptors (Lipinski definition) is 7. The third-order valence-corrected chi connectivity index (χ3v) is 5.25. The molecule has 180 valence electrons. The van der Waals surface area contributed by atoms with Crippen LogP contribution in [0.25, 0.3) is 0 Å². The largest absolute Gasteiger partial charge is 0.593 e. The second-order valence-corrected chi connectivity index (χ2v) is 7.81. The third-order valence-electron chi connectivity index (χ3n) is 4.19. The molecule has 1 aromatic heterocycles. The highest BCUT2D eigenvalue weighted by atomic mass is 32.2. The SMILES string of the molecule is CN[S+]([O-])c1cccc(NC(=O)c2nnc(C(F)(F)F)cc2Oc2ccc(F)c(F)c2OC)c1. The number of nitrogens with zero attached hydrogens (tertiary/aromatic N) is 2. The van der Waals surface area contributed by atoms with Gasteiger partial charge in [0.2, 0.25) is 11.6 Å². The van der Waals surface area contributed by atoms with E-state index in [2.05, 4.69) is 20.2 Å². The summed E-state index contributed by atoms with van der Waals surface area (Å²) in [4.78, 5) is 13.1. The first-order valence-electron chi connectivity index (χ1n) is 9.20. The average molecular weight is 502 g/mol. The van der Waals surface area contributed by atoms with Gasteiger partial charge in [-0.15, -0.1) is 14.9 Å². The first-order chi connectivity index (χ1) is 16.0. The Morgan fingerprint density at radius 3 is 2.47 bits per heavy atom. The minimum absolute atomic E-state index is 0.143. The summed E-state index contributed by atoms with van der Waals surface area (Å²) in [5.74, 6) is -5.77. The number of anilines is 1. The van der Waals surface area contributed by atoms with E-state index in [-0.39, 0.29) is 5.69 Å². The maximum absolute atomic E-state index is 14.0. The first-order valence-corrected chi connectivity index (χ1v) is 10.4. The minimum Gasteiger partial charge on any atom is -0.593 e. The predicted molar refractivity (Wildman–Crippen MR) is 110 cm³/mol. The molecule has 3 rings (SSSR count). The molecule has 0 saturated heterocycles. The fourth-order valence-corrected chi connectivity index (χ4v) is 3.32. The first kappa shape index (κ1) is 25.1. The number of nitrogens with one attached hydrogen (secondary N) is 2. The van der Waals surface area contributed by atoms with Crippen molar-refractivity contribution in [3.63, 3.8) is 0 Å². The summed E-state index contributed by atoms with van der Waals surface area (Å²) in [7, 11) is 2.45. The zero-order valence-electron chi connectivity index (χ0n) is 17.4. The molecule has 1 atom stereocenters. The van der Waals surface area contributed by atoms with Crippen LogP contribution >= 0.6 is 0 Å². The number of benzene rings is 2. The number of carbonyl (C=O) groups is 1. The molecule has 2 aromatic carbocycles. The van der Waals surface area contributed by atoms with E-state index < -0.39 is 63.7 Å². The lowest BCUT2D eigenvalue weighted by molar-refractivity contribution is -0.141. The highest BCUT2D eigenvalue weighted by Crippen LogP contribution is 2.38. The number of alkyl halides is 3. The zero-order chi connectivity index (χ0) is 25.0. The Morgan fingerprint density at radius 1 is 1.09 bits per heavy atom. The van der Waals surface area contributed by atoms with Crippen molar-refractivity contribution in [1.82, 2.24) is 14.9 Å². The summed E-state index contributed by atoms with van der Waals surface area (Å²) in [6, 6.07) is 7.76. The summed E-state index contributed by atoms with van der Waals surface area (Å²) in [5, 5.41) is 8.71. The lowest BCUT2D eigenvalue weighted by atomic mass is 10.2. The van der Waals surface area contributed by atoms with Crippen LogP contribution in [0.5, 0.6) is 17.2 Å². The van der Waals surface area contributed by atoms with Gasteiger partial charge in [0, 0.05) is 24.9 Å². The van der Waals surface area contributed by atoms with Crippen LogP contribution in [-0.4, -0.2) is 34.8 Å². The standard InChI is InChI=1S/C20H15F5N4O4S/c1-26-34(31)11-5-3-4-10(8-11)27-19(30)17-14(9-15(28-29-17)20(23,24)25)33-13-7-6-12(21)16(22)18(13)32-2/h3-9,26H,1-2H3,(H,27,30). The molecule has 2 N–H and O–H groups in total. The molecule has 0 saturated carbocycles. The van der Waals surface area contributed by atoms with Crippen LogP contribution in [-0.2, 0) is 17.5 Å². The van der Waals surface area contributed by atoms with E-state index in [1.165, 1.54) is 31.3 Å². The molecule has 0 fully saturated rings. The molecule has 0 aliphatic heterocycles. The van der Waals surface area contributed by atoms with Crippen LogP contribution < -0.4 is 19.5 Å². The van der Waals surface area contributed by atoms with Crippen LogP contribution in [0.15, 0.2) is 47.4 Å². The summed E-state index contributed by atoms with van der Waals surface area (Å²) in [5.41, 5.74) is -2.05. The lowest BCUT2D eigenvalue weighted by Crippen LogP contribution is -2.20. The fraction of sp³-hybridized carbons (Fsp3) is 0.150. The second kappa shape index (κ2) is 10.2. The summed E-state index contributed by atoms with van der Waals surface area (Å²) >= 11 is -1.57. The number of aromatic nitrogens is 2. The molecule has 0 spiro atoms. The van der Waals surface area contributed by atoms with E-state index in [0.29, 0.717) is 17.0 Å². The Bertz CT molecular complexity index is 1210. The molecule has 34 heavy (non-hydrogen) atoms. The average Bonchev–Trinajstić information content (AvgIpc) is 2.80. The fourth-order valence-electron chi connectivity index (χ4n) is 2.65. The van der Waals surface area contributed by atoms with Crippen LogP contribution in [0.2, 0.25) is 0 Å². The van der Waals surface area contributed by atoms with Crippen molar-refractivity contribution in [3.05, 3.63) is 65.5 Å². The van der Waals surface area contributed by atoms with Gasteiger partial charge in [-0.05, 0) is 24.3 Å². The minimum atomic E-state index is -4.94. The number of carbonyl (C=O) groups excluding carboxylic acids is 1. The quantitative estimate of drug-likeness (QED) is 0.370. The van der Waals surface area contributed by atoms with Crippen LogP contribution in [0.3, 0.4) is 0 Å². The van der Waals surface area contributed by atoms with Crippen molar-refractivity contribution in [2.75, 3.05) is 19.5 Å². The van der Waals surface area contributed by atoms with Gasteiger partial charge >= 0.3 is 6.18 Å². The third kappa shape index (κ3) is 5.52. The maximum atomic E-state index is 14.0. The predicted octanol–water partition coefficient (Wildman–Crippen LogP) is 4.07. The van der Waals surface area contributed by atoms with Crippen molar-refractivity contribution < 1.29 is 40.8 Å². The molecule has 1 amide bonds. The van der Waals surface area contributed by atoms with Gasteiger partial charge in [-0.2, -0.15) is 17.6 Å². The molecule has 8 nitrogen and oxygen atoms in total. The summed E-state index contributed by atoms with van der Waals surface area (Å²) < 4.78 is 91.5. The van der Waals surface area contributed by atoms with Crippen LogP contribution in [0, 0.1) is 11.6 Å². The Kier molecular flexibility index (Phi) is 7.54. The van der Waals surface area contributed by atoms with E-state index in [4.69, 9.17) is 9.47 Å². The molecule has 3 aromatic rings. The number of hydrogen-bond donors (Lipinski definition) is 2. The van der Waals surface area contributed by atoms with Gasteiger partial charge in [-0.3, -0.25) is 4.79 Å². The molecule has 0 aliphatic carbocycles. The summed E-state index contributed by atoms with van der Waals surface area (Å²) in [6.07, 6.45) is -4.94. The van der Waals surface area contributed by atoms with Crippen molar-refractivity contribution in [3.8, 4) is 17.2 Å². The highest BCUT2D eigenvalue weighted by molar-refractivity contribution is 7.89. The van der Waals surface area contributed by atoms with Crippen molar-refractivity contribution in [1.29, 1.82) is 0 Å². The van der Waals surface area contributed by atoms with Gasteiger partial charge in [0.05, 0.1) is 18.5 Å². The Morgan fingerprint density at radius 2 is 1.82 bits per heavy atom. The van der Waals surface area contributed by atoms with E-state index >= 15 is 0 Å². The van der Waals surface area contributed by atoms with Gasteiger partial charge < -0.3 is 19.3 Å². The summed E-state index contributed by atoms with van der Waals surface area (Å²) in [6.45, 7) is 0. The second-order valence-electron chi connectivity index (χ2n) is 6.39. The van der Waals surface area contributed by atoms with E-state index in [1.54, 1.807) is 0 Å². The molecular weight excluding hydrogens is 487 g/mol. The van der Waals surface area contributed by atoms with Crippen molar-refractivity contribution in [2.24, 2.45) is 0 Å². The number of ether oxygens (including phenoxy) is 2. The molecule has 0 bridgehead atoms. The number of amides is 1. The van der Waals surface area contributed by atoms with Gasteiger partial charge in [-0.25, -0.2) is 4.39 Å². The van der Waals surface area contributed by atoms with Gasteiger partial charge in [0.25, 0.3) is 5.91 Å². The lowest BCUT2D eigenvalue weighted by Gasteiger charge is -2.15. The molecular formula is C20H15F5N4O4S.